The molecule has 1 aliphatic carbocycles. The lowest BCUT2D eigenvalue weighted by Gasteiger charge is -2.35. The van der Waals surface area contributed by atoms with Crippen molar-refractivity contribution >= 4 is 5.91 Å². The lowest BCUT2D eigenvalue weighted by Crippen LogP contribution is -2.48. The Labute approximate surface area is 159 Å². The van der Waals surface area contributed by atoms with Crippen molar-refractivity contribution in [2.75, 3.05) is 13.7 Å². The van der Waals surface area contributed by atoms with Crippen molar-refractivity contribution in [1.82, 2.24) is 10.1 Å². The number of amides is 1. The number of carbonyl (C=O) groups is 1. The van der Waals surface area contributed by atoms with Gasteiger partial charge in [-0.05, 0) is 44.2 Å². The highest BCUT2D eigenvalue weighted by atomic mass is 16.5. The van der Waals surface area contributed by atoms with Crippen LogP contribution in [0, 0.1) is 12.8 Å². The molecule has 1 aromatic carbocycles. The van der Waals surface area contributed by atoms with Gasteiger partial charge in [0.2, 0.25) is 0 Å². The summed E-state index contributed by atoms with van der Waals surface area (Å²) in [5.74, 6) is 2.74. The molecule has 6 nitrogen and oxygen atoms in total. The Hall–Kier alpha value is -2.50. The molecule has 0 radical (unpaired) electrons. The summed E-state index contributed by atoms with van der Waals surface area (Å²) in [6.07, 6.45) is 3.94. The Morgan fingerprint density at radius 2 is 2.15 bits per heavy atom. The number of hydrogen-bond donors (Lipinski definition) is 0. The van der Waals surface area contributed by atoms with Gasteiger partial charge in [0.05, 0.1) is 18.8 Å². The van der Waals surface area contributed by atoms with E-state index in [1.807, 2.05) is 43.0 Å². The van der Waals surface area contributed by atoms with E-state index in [1.54, 1.807) is 7.11 Å². The number of likely N-dealkylation sites (tertiary alicyclic amines) is 1. The van der Waals surface area contributed by atoms with Crippen LogP contribution in [0.4, 0.5) is 0 Å². The predicted molar refractivity (Wildman–Crippen MR) is 100 cm³/mol. The molecule has 2 aromatic rings. The second kappa shape index (κ2) is 7.25. The first-order valence-electron chi connectivity index (χ1n) is 9.67. The Morgan fingerprint density at radius 1 is 1.33 bits per heavy atom. The third kappa shape index (κ3) is 3.17. The van der Waals surface area contributed by atoms with Crippen LogP contribution in [0.1, 0.15) is 48.0 Å². The smallest absolute Gasteiger partial charge is 0.260 e. The summed E-state index contributed by atoms with van der Waals surface area (Å²) < 4.78 is 16.7. The number of carbonyl (C=O) groups excluding carboxylic acids is 1. The van der Waals surface area contributed by atoms with Gasteiger partial charge in [-0.3, -0.25) is 4.79 Å². The molecule has 6 heteroatoms. The number of benzene rings is 1. The molecule has 4 rings (SSSR count). The molecule has 144 valence electrons. The molecule has 1 saturated heterocycles. The molecular weight excluding hydrogens is 344 g/mol. The molecule has 1 saturated carbocycles. The maximum absolute atomic E-state index is 13.4. The van der Waals surface area contributed by atoms with E-state index in [-0.39, 0.29) is 11.9 Å². The normalized spacial score (nSPS) is 23.7. The van der Waals surface area contributed by atoms with Gasteiger partial charge in [-0.1, -0.05) is 18.1 Å². The Balaban J connectivity index is 1.54. The van der Waals surface area contributed by atoms with Crippen molar-refractivity contribution in [2.24, 2.45) is 5.92 Å². The second-order valence-corrected chi connectivity index (χ2v) is 7.42. The van der Waals surface area contributed by atoms with Crippen LogP contribution in [0.5, 0.6) is 11.5 Å². The predicted octanol–water partition coefficient (Wildman–Crippen LogP) is 3.63. The lowest BCUT2D eigenvalue weighted by atomic mass is 9.98. The summed E-state index contributed by atoms with van der Waals surface area (Å²) >= 11 is 0. The van der Waals surface area contributed by atoms with E-state index in [1.165, 1.54) is 0 Å². The average molecular weight is 370 g/mol. The zero-order valence-electron chi connectivity index (χ0n) is 16.1. The zero-order valence-corrected chi connectivity index (χ0v) is 16.1. The van der Waals surface area contributed by atoms with Gasteiger partial charge < -0.3 is 18.9 Å². The molecule has 2 bridgehead atoms. The van der Waals surface area contributed by atoms with Crippen LogP contribution in [0.3, 0.4) is 0 Å². The van der Waals surface area contributed by atoms with E-state index in [4.69, 9.17) is 14.0 Å². The molecule has 1 amide bonds. The molecule has 3 atom stereocenters. The van der Waals surface area contributed by atoms with Crippen molar-refractivity contribution in [2.45, 2.75) is 51.6 Å². The number of aromatic nitrogens is 1. The van der Waals surface area contributed by atoms with Crippen molar-refractivity contribution in [3.8, 4) is 11.5 Å². The molecule has 0 unspecified atom stereocenters. The molecule has 0 spiro atoms. The quantitative estimate of drug-likeness (QED) is 0.777. The largest absolute Gasteiger partial charge is 0.497 e. The molecule has 1 aromatic heterocycles. The SMILES string of the molecule is CCc1onc(C)c1C(=O)N1[C@H]2CC[C@@H](C2)[C@H]1COc1cccc(OC)c1. The fourth-order valence-electron chi connectivity index (χ4n) is 4.56. The molecule has 2 fully saturated rings. The first kappa shape index (κ1) is 17.9. The summed E-state index contributed by atoms with van der Waals surface area (Å²) in [6, 6.07) is 7.97. The zero-order chi connectivity index (χ0) is 19.0. The van der Waals surface area contributed by atoms with Gasteiger partial charge in [0.1, 0.15) is 29.4 Å². The van der Waals surface area contributed by atoms with Crippen molar-refractivity contribution in [3.63, 3.8) is 0 Å². The van der Waals surface area contributed by atoms with Gasteiger partial charge in [0.25, 0.3) is 5.91 Å². The van der Waals surface area contributed by atoms with E-state index in [0.717, 1.165) is 30.8 Å². The first-order valence-corrected chi connectivity index (χ1v) is 9.67. The van der Waals surface area contributed by atoms with Crippen LogP contribution in [0.15, 0.2) is 28.8 Å². The number of fused-ring (bicyclic) bond motifs is 2. The van der Waals surface area contributed by atoms with Crippen LogP contribution in [0.25, 0.3) is 0 Å². The summed E-state index contributed by atoms with van der Waals surface area (Å²) in [5.41, 5.74) is 1.31. The fourth-order valence-corrected chi connectivity index (χ4v) is 4.56. The Bertz CT molecular complexity index is 831. The third-order valence-corrected chi connectivity index (χ3v) is 5.91. The molecule has 0 N–H and O–H groups in total. The fraction of sp³-hybridized carbons (Fsp3) is 0.524. The van der Waals surface area contributed by atoms with Gasteiger partial charge >= 0.3 is 0 Å². The molecule has 27 heavy (non-hydrogen) atoms. The average Bonchev–Trinajstić information content (AvgIpc) is 3.40. The number of methoxy groups -OCH3 is 1. The topological polar surface area (TPSA) is 64.8 Å². The number of hydrogen-bond acceptors (Lipinski definition) is 5. The van der Waals surface area contributed by atoms with Gasteiger partial charge in [-0.15, -0.1) is 0 Å². The highest BCUT2D eigenvalue weighted by molar-refractivity contribution is 5.97. The van der Waals surface area contributed by atoms with Crippen LogP contribution in [-0.2, 0) is 6.42 Å². The van der Waals surface area contributed by atoms with E-state index >= 15 is 0 Å². The Morgan fingerprint density at radius 3 is 2.93 bits per heavy atom. The maximum Gasteiger partial charge on any atom is 0.260 e. The van der Waals surface area contributed by atoms with Gasteiger partial charge in [-0.2, -0.15) is 0 Å². The first-order chi connectivity index (χ1) is 13.1. The molecule has 2 heterocycles. The number of rotatable bonds is 6. The summed E-state index contributed by atoms with van der Waals surface area (Å²) in [6.45, 7) is 4.31. The second-order valence-electron chi connectivity index (χ2n) is 7.42. The van der Waals surface area contributed by atoms with Gasteiger partial charge in [0, 0.05) is 18.5 Å². The standard InChI is InChI=1S/C21H26N2O4/c1-4-19-20(13(2)22-27-19)21(24)23-15-9-8-14(10-15)18(23)12-26-17-7-5-6-16(11-17)25-3/h5-7,11,14-15,18H,4,8-10,12H2,1-3H3/t14-,15-,18+/m0/s1. The maximum atomic E-state index is 13.4. The molecular formula is C21H26N2O4. The number of piperidine rings is 1. The van der Waals surface area contributed by atoms with Crippen molar-refractivity contribution in [3.05, 3.63) is 41.3 Å². The summed E-state index contributed by atoms with van der Waals surface area (Å²) in [4.78, 5) is 15.4. The molecule has 1 aliphatic heterocycles. The minimum Gasteiger partial charge on any atom is -0.497 e. The third-order valence-electron chi connectivity index (χ3n) is 5.91. The van der Waals surface area contributed by atoms with E-state index in [2.05, 4.69) is 5.16 Å². The van der Waals surface area contributed by atoms with E-state index in [0.29, 0.717) is 42.0 Å². The number of nitrogens with zero attached hydrogens (tertiary/aromatic N) is 2. The van der Waals surface area contributed by atoms with E-state index in [9.17, 15) is 4.79 Å². The minimum absolute atomic E-state index is 0.0389. The highest BCUT2D eigenvalue weighted by Gasteiger charge is 2.49. The minimum atomic E-state index is 0.0389. The van der Waals surface area contributed by atoms with Crippen LogP contribution in [-0.4, -0.2) is 41.8 Å². The lowest BCUT2D eigenvalue weighted by molar-refractivity contribution is 0.0503. The van der Waals surface area contributed by atoms with Crippen LogP contribution in [0.2, 0.25) is 0 Å². The van der Waals surface area contributed by atoms with E-state index < -0.39 is 0 Å². The monoisotopic (exact) mass is 370 g/mol. The van der Waals surface area contributed by atoms with Gasteiger partial charge in [-0.25, -0.2) is 0 Å². The highest BCUT2D eigenvalue weighted by Crippen LogP contribution is 2.43. The number of aryl methyl sites for hydroxylation is 2. The van der Waals surface area contributed by atoms with Crippen molar-refractivity contribution < 1.29 is 18.8 Å². The summed E-state index contributed by atoms with van der Waals surface area (Å²) in [5, 5.41) is 4.01. The van der Waals surface area contributed by atoms with Crippen LogP contribution < -0.4 is 9.47 Å². The van der Waals surface area contributed by atoms with Crippen molar-refractivity contribution in [1.29, 1.82) is 0 Å². The Kier molecular flexibility index (Phi) is 4.81. The summed E-state index contributed by atoms with van der Waals surface area (Å²) in [7, 11) is 1.64. The van der Waals surface area contributed by atoms with Crippen LogP contribution >= 0.6 is 0 Å². The van der Waals surface area contributed by atoms with Gasteiger partial charge in [0.15, 0.2) is 0 Å². The molecule has 2 aliphatic rings. The number of ether oxygens (including phenoxy) is 2.